The second-order valence-corrected chi connectivity index (χ2v) is 15.2. The number of carboxylic acids is 1. The van der Waals surface area contributed by atoms with Crippen molar-refractivity contribution in [2.75, 3.05) is 19.8 Å². The fourth-order valence-corrected chi connectivity index (χ4v) is 6.29. The number of rotatable bonds is 38. The Morgan fingerprint density at radius 1 is 0.615 bits per heavy atom. The van der Waals surface area contributed by atoms with Crippen LogP contribution in [0.1, 0.15) is 187 Å². The van der Waals surface area contributed by atoms with E-state index in [0.717, 1.165) is 57.8 Å². The first-order chi connectivity index (χ1) is 24.6. The van der Waals surface area contributed by atoms with Gasteiger partial charge in [-0.1, -0.05) is 148 Å². The van der Waals surface area contributed by atoms with Gasteiger partial charge in [-0.3, -0.25) is 18.9 Å². The number of carbonyl (C=O) groups is 3. The van der Waals surface area contributed by atoms with Crippen molar-refractivity contribution < 1.29 is 77.0 Å². The Morgan fingerprint density at radius 3 is 1.44 bits per heavy atom. The van der Waals surface area contributed by atoms with Gasteiger partial charge < -0.3 is 34.3 Å². The summed E-state index contributed by atoms with van der Waals surface area (Å²) >= 11 is 0. The van der Waals surface area contributed by atoms with Crippen LogP contribution in [0.2, 0.25) is 0 Å². The van der Waals surface area contributed by atoms with Gasteiger partial charge in [-0.05, 0) is 38.5 Å². The average molecular weight is 770 g/mol. The van der Waals surface area contributed by atoms with Gasteiger partial charge in [0.15, 0.2) is 6.10 Å². The maximum absolute atomic E-state index is 12.6. The average Bonchev–Trinajstić information content (AvgIpc) is 3.10. The maximum Gasteiger partial charge on any atom is 1.00 e. The number of phosphoric ester groups is 1. The van der Waals surface area contributed by atoms with E-state index in [0.29, 0.717) is 12.8 Å². The van der Waals surface area contributed by atoms with Crippen molar-refractivity contribution in [3.63, 3.8) is 0 Å². The van der Waals surface area contributed by atoms with Crippen molar-refractivity contribution >= 4 is 25.7 Å². The van der Waals surface area contributed by atoms with E-state index < -0.39 is 51.1 Å². The molecule has 300 valence electrons. The quantitative estimate of drug-likeness (QED) is 0.0231. The third kappa shape index (κ3) is 37.5. The number of hydrogen-bond donors (Lipinski definition) is 2. The van der Waals surface area contributed by atoms with Gasteiger partial charge in [0.2, 0.25) is 0 Å². The molecule has 13 heteroatoms. The number of aliphatic carboxylic acids is 1. The maximum atomic E-state index is 12.6. The summed E-state index contributed by atoms with van der Waals surface area (Å²) in [6.45, 7) is 2.63. The van der Waals surface area contributed by atoms with Crippen molar-refractivity contribution in [3.05, 3.63) is 12.2 Å². The molecule has 1 unspecified atom stereocenters. The Morgan fingerprint density at radius 2 is 1.00 bits per heavy atom. The first-order valence-corrected chi connectivity index (χ1v) is 21.7. The van der Waals surface area contributed by atoms with Gasteiger partial charge in [0, 0.05) is 12.8 Å². The zero-order valence-corrected chi connectivity index (χ0v) is 36.1. The zero-order valence-electron chi connectivity index (χ0n) is 33.2. The molecule has 0 radical (unpaired) electrons. The van der Waals surface area contributed by atoms with Crippen LogP contribution in [0.15, 0.2) is 12.2 Å². The van der Waals surface area contributed by atoms with E-state index in [2.05, 4.69) is 30.5 Å². The minimum atomic E-state index is -4.96. The number of nitrogens with two attached hydrogens (primary N) is 1. The summed E-state index contributed by atoms with van der Waals surface area (Å²) in [6, 6.07) is -1.56. The molecule has 0 saturated heterocycles. The van der Waals surface area contributed by atoms with Gasteiger partial charge in [-0.15, -0.1) is 0 Å². The van der Waals surface area contributed by atoms with Gasteiger partial charge in [0.05, 0.1) is 13.2 Å². The van der Waals surface area contributed by atoms with Gasteiger partial charge in [0.1, 0.15) is 12.6 Å². The molecule has 0 aromatic heterocycles. The topological polar surface area (TPSA) is 175 Å². The second-order valence-electron chi connectivity index (χ2n) is 13.8. The van der Waals surface area contributed by atoms with Crippen molar-refractivity contribution in [1.82, 2.24) is 0 Å². The second kappa shape index (κ2) is 38.5. The summed E-state index contributed by atoms with van der Waals surface area (Å²) in [5, 5.41) is 8.84. The minimum Gasteiger partial charge on any atom is -0.756 e. The van der Waals surface area contributed by atoms with E-state index in [9.17, 15) is 23.8 Å². The molecule has 0 heterocycles. The number of unbranched alkanes of at least 4 members (excludes halogenated alkanes) is 22. The first kappa shape index (κ1) is 53.3. The summed E-state index contributed by atoms with van der Waals surface area (Å²) in [4.78, 5) is 47.9. The molecule has 0 rings (SSSR count). The molecular formula is C39H73NNaO10P. The number of esters is 2. The molecule has 0 saturated carbocycles. The monoisotopic (exact) mass is 769 g/mol. The van der Waals surface area contributed by atoms with Gasteiger partial charge >= 0.3 is 47.5 Å². The Hall–Kier alpha value is -0.780. The Kier molecular flexibility index (Phi) is 39.5. The first-order valence-electron chi connectivity index (χ1n) is 20.2. The van der Waals surface area contributed by atoms with Gasteiger partial charge in [0.25, 0.3) is 7.82 Å². The largest absolute Gasteiger partial charge is 1.00 e. The fourth-order valence-electron chi connectivity index (χ4n) is 5.52. The van der Waals surface area contributed by atoms with E-state index in [1.807, 2.05) is 0 Å². The summed E-state index contributed by atoms with van der Waals surface area (Å²) in [7, 11) is -4.96. The number of allylic oxidation sites excluding steroid dienone is 2. The molecule has 11 nitrogen and oxygen atoms in total. The van der Waals surface area contributed by atoms with Crippen molar-refractivity contribution in [3.8, 4) is 0 Å². The molecule has 0 amide bonds. The molecule has 52 heavy (non-hydrogen) atoms. The number of phosphoric acid groups is 1. The van der Waals surface area contributed by atoms with Crippen molar-refractivity contribution in [2.24, 2.45) is 5.73 Å². The summed E-state index contributed by atoms with van der Waals surface area (Å²) < 4.78 is 32.2. The van der Waals surface area contributed by atoms with Crippen LogP contribution < -0.4 is 40.2 Å². The fraction of sp³-hybridized carbons (Fsp3) is 0.872. The molecule has 0 spiro atoms. The third-order valence-electron chi connectivity index (χ3n) is 8.75. The minimum absolute atomic E-state index is 0. The predicted molar refractivity (Wildman–Crippen MR) is 201 cm³/mol. The summed E-state index contributed by atoms with van der Waals surface area (Å²) in [6.07, 6.45) is 32.5. The molecule has 0 bridgehead atoms. The van der Waals surface area contributed by atoms with Crippen molar-refractivity contribution in [1.29, 1.82) is 0 Å². The smallest absolute Gasteiger partial charge is 0.756 e. The van der Waals surface area contributed by atoms with Crippen LogP contribution in [0.25, 0.3) is 0 Å². The van der Waals surface area contributed by atoms with Gasteiger partial charge in [-0.25, -0.2) is 0 Å². The Bertz CT molecular complexity index is 939. The van der Waals surface area contributed by atoms with Crippen LogP contribution in [-0.4, -0.2) is 55.0 Å². The van der Waals surface area contributed by atoms with Crippen LogP contribution in [-0.2, 0) is 37.5 Å². The standard InChI is InChI=1S/C39H74NO10P.Na/c1-3-5-7-9-11-13-15-17-18-19-21-23-25-27-29-31-38(42)50-35(33-48-51(45,46)49-34-36(40)39(43)44)32-47-37(41)30-28-26-24-22-20-16-14-12-10-8-6-4-2;/h17-18,35-36H,3-16,19-34,40H2,1-2H3,(H,43,44)(H,45,46);/q;+1/p-1/b18-17-;/t35-,36+;/m1./s1. The molecule has 3 N–H and O–H groups in total. The molecule has 0 aromatic rings. The number of carbonyl (C=O) groups excluding carboxylic acids is 2. The van der Waals surface area contributed by atoms with E-state index in [4.69, 9.17) is 24.8 Å². The number of hydrogen-bond acceptors (Lipinski definition) is 10. The van der Waals surface area contributed by atoms with Crippen LogP contribution in [0.5, 0.6) is 0 Å². The van der Waals surface area contributed by atoms with Crippen LogP contribution in [0.3, 0.4) is 0 Å². The van der Waals surface area contributed by atoms with Crippen molar-refractivity contribution in [2.45, 2.75) is 199 Å². The van der Waals surface area contributed by atoms with Crippen LogP contribution >= 0.6 is 7.82 Å². The normalized spacial score (nSPS) is 13.7. The van der Waals surface area contributed by atoms with E-state index >= 15 is 0 Å². The molecular weight excluding hydrogens is 696 g/mol. The Labute approximate surface area is 338 Å². The molecule has 0 aliphatic heterocycles. The third-order valence-corrected chi connectivity index (χ3v) is 9.68. The summed E-state index contributed by atoms with van der Waals surface area (Å²) in [5.41, 5.74) is 5.29. The number of ether oxygens (including phenoxy) is 2. The van der Waals surface area contributed by atoms with Crippen LogP contribution in [0, 0.1) is 0 Å². The zero-order chi connectivity index (χ0) is 37.8. The molecule has 0 fully saturated rings. The molecule has 0 aliphatic carbocycles. The summed E-state index contributed by atoms with van der Waals surface area (Å²) in [5.74, 6) is -2.44. The van der Waals surface area contributed by atoms with Gasteiger partial charge in [-0.2, -0.15) is 0 Å². The Balaban J connectivity index is 0. The predicted octanol–water partition coefficient (Wildman–Crippen LogP) is 6.49. The van der Waals surface area contributed by atoms with E-state index in [-0.39, 0.29) is 49.0 Å². The van der Waals surface area contributed by atoms with E-state index in [1.165, 1.54) is 89.9 Å². The number of carboxylic acid groups (broad SMARTS) is 1. The van der Waals surface area contributed by atoms with E-state index in [1.54, 1.807) is 0 Å². The molecule has 3 atom stereocenters. The SMILES string of the molecule is CCCCCCCC/C=C\CCCCCCCC(=O)O[C@H](COC(=O)CCCCCCCCCCCCCC)COP(=O)([O-])OC[C@H](N)C(=O)O.[Na+]. The molecule has 0 aliphatic rings. The van der Waals surface area contributed by atoms with Crippen LogP contribution in [0.4, 0.5) is 0 Å². The molecule has 0 aromatic carbocycles.